The summed E-state index contributed by atoms with van der Waals surface area (Å²) in [5.41, 5.74) is 3.88. The molecule has 2 aromatic heterocycles. The highest BCUT2D eigenvalue weighted by Crippen LogP contribution is 2.41. The molecule has 0 amide bonds. The molecule has 0 radical (unpaired) electrons. The number of halogens is 3. The molecule has 4 heterocycles. The summed E-state index contributed by atoms with van der Waals surface area (Å²) in [5, 5.41) is 15.2. The summed E-state index contributed by atoms with van der Waals surface area (Å²) in [7, 11) is 2.07. The molecule has 40 heavy (non-hydrogen) atoms. The van der Waals surface area contributed by atoms with Gasteiger partial charge in [0.15, 0.2) is 0 Å². The number of anilines is 4. The molecule has 0 unspecified atom stereocenters. The monoisotopic (exact) mass is 555 g/mol. The predicted octanol–water partition coefficient (Wildman–Crippen LogP) is 4.49. The number of carboxylic acid groups (broad SMARTS) is 1. The number of carbonyl (C=O) groups is 1. The highest BCUT2D eigenvalue weighted by Gasteiger charge is 2.37. The standard InChI is InChI=1S/C28H32F3N7O2/c1-27(2)9-12-37(3)22-13-17(6-7-19(22)27)34-25-18-8-11-38(26-20(28(29,30)31)5-4-10-33-26)16-21(18)35-23(36-25)14-32-15-24(39)40/h4-7,10,13,32H,8-9,11-12,14-16H2,1-3H3,(H,39,40)(H,34,35,36). The van der Waals surface area contributed by atoms with Gasteiger partial charge in [-0.1, -0.05) is 19.9 Å². The van der Waals surface area contributed by atoms with Crippen molar-refractivity contribution in [3.8, 4) is 0 Å². The third kappa shape index (κ3) is 5.67. The lowest BCUT2D eigenvalue weighted by atomic mass is 9.78. The van der Waals surface area contributed by atoms with Crippen LogP contribution in [-0.4, -0.2) is 52.7 Å². The fourth-order valence-corrected chi connectivity index (χ4v) is 5.33. The van der Waals surface area contributed by atoms with Crippen LogP contribution in [0.5, 0.6) is 0 Å². The number of hydrogen-bond donors (Lipinski definition) is 3. The van der Waals surface area contributed by atoms with Gasteiger partial charge in [-0.25, -0.2) is 15.0 Å². The van der Waals surface area contributed by atoms with Gasteiger partial charge in [0.1, 0.15) is 17.5 Å². The summed E-state index contributed by atoms with van der Waals surface area (Å²) in [6.07, 6.45) is -1.73. The molecular formula is C28H32F3N7O2. The lowest BCUT2D eigenvalue weighted by Crippen LogP contribution is -2.35. The van der Waals surface area contributed by atoms with Gasteiger partial charge in [-0.2, -0.15) is 13.2 Å². The fraction of sp³-hybridized carbons (Fsp3) is 0.429. The van der Waals surface area contributed by atoms with Crippen molar-refractivity contribution in [3.05, 3.63) is 64.7 Å². The van der Waals surface area contributed by atoms with Crippen LogP contribution < -0.4 is 20.4 Å². The largest absolute Gasteiger partial charge is 0.480 e. The Balaban J connectivity index is 1.49. The van der Waals surface area contributed by atoms with Crippen molar-refractivity contribution in [2.24, 2.45) is 0 Å². The maximum Gasteiger partial charge on any atom is 0.419 e. The van der Waals surface area contributed by atoms with Gasteiger partial charge in [-0.05, 0) is 48.1 Å². The Morgan fingerprint density at radius 3 is 2.73 bits per heavy atom. The molecule has 0 spiro atoms. The van der Waals surface area contributed by atoms with Crippen molar-refractivity contribution in [1.82, 2.24) is 20.3 Å². The van der Waals surface area contributed by atoms with Gasteiger partial charge >= 0.3 is 12.1 Å². The number of hydrogen-bond acceptors (Lipinski definition) is 8. The van der Waals surface area contributed by atoms with Crippen LogP contribution in [0.2, 0.25) is 0 Å². The van der Waals surface area contributed by atoms with Gasteiger partial charge in [-0.3, -0.25) is 10.1 Å². The van der Waals surface area contributed by atoms with Gasteiger partial charge in [0.05, 0.1) is 30.9 Å². The SMILES string of the molecule is CN1CCC(C)(C)c2ccc(Nc3nc(CNCC(=O)O)nc4c3CCN(c3ncccc3C(F)(F)F)C4)cc21. The molecule has 1 aromatic carbocycles. The third-order valence-corrected chi connectivity index (χ3v) is 7.54. The normalized spacial score (nSPS) is 16.4. The molecule has 3 aromatic rings. The average molecular weight is 556 g/mol. The van der Waals surface area contributed by atoms with Crippen molar-refractivity contribution in [2.75, 3.05) is 41.8 Å². The molecule has 0 aliphatic carbocycles. The van der Waals surface area contributed by atoms with E-state index in [0.717, 1.165) is 36.0 Å². The molecule has 212 valence electrons. The quantitative estimate of drug-likeness (QED) is 0.389. The number of fused-ring (bicyclic) bond motifs is 2. The number of nitrogens with zero attached hydrogens (tertiary/aromatic N) is 5. The first kappa shape index (κ1) is 27.6. The van der Waals surface area contributed by atoms with Crippen molar-refractivity contribution < 1.29 is 23.1 Å². The van der Waals surface area contributed by atoms with E-state index in [1.165, 1.54) is 17.8 Å². The van der Waals surface area contributed by atoms with E-state index < -0.39 is 17.7 Å². The number of rotatable bonds is 7. The first-order valence-corrected chi connectivity index (χ1v) is 13.1. The summed E-state index contributed by atoms with van der Waals surface area (Å²) in [6, 6.07) is 8.52. The van der Waals surface area contributed by atoms with Gasteiger partial charge < -0.3 is 20.2 Å². The van der Waals surface area contributed by atoms with E-state index in [4.69, 9.17) is 5.11 Å². The van der Waals surface area contributed by atoms with E-state index in [2.05, 4.69) is 63.5 Å². The molecule has 0 saturated carbocycles. The summed E-state index contributed by atoms with van der Waals surface area (Å²) >= 11 is 0. The Hall–Kier alpha value is -3.93. The Morgan fingerprint density at radius 1 is 1.18 bits per heavy atom. The first-order chi connectivity index (χ1) is 18.9. The van der Waals surface area contributed by atoms with Crippen molar-refractivity contribution in [2.45, 2.75) is 51.4 Å². The number of aliphatic carboxylic acids is 1. The molecule has 0 bridgehead atoms. The Kier molecular flexibility index (Phi) is 7.30. The fourth-order valence-electron chi connectivity index (χ4n) is 5.33. The van der Waals surface area contributed by atoms with Gasteiger partial charge in [0.25, 0.3) is 0 Å². The van der Waals surface area contributed by atoms with Crippen LogP contribution in [0.1, 0.15) is 48.5 Å². The number of aromatic nitrogens is 3. The van der Waals surface area contributed by atoms with Crippen LogP contribution in [0.3, 0.4) is 0 Å². The Bertz CT molecular complexity index is 1430. The zero-order valence-corrected chi connectivity index (χ0v) is 22.6. The van der Waals surface area contributed by atoms with Crippen molar-refractivity contribution >= 4 is 29.0 Å². The maximum absolute atomic E-state index is 13.7. The minimum absolute atomic E-state index is 0.0572. The molecule has 0 fully saturated rings. The molecule has 2 aliphatic rings. The van der Waals surface area contributed by atoms with Gasteiger partial charge in [-0.15, -0.1) is 0 Å². The molecule has 2 aliphatic heterocycles. The zero-order chi connectivity index (χ0) is 28.7. The average Bonchev–Trinajstić information content (AvgIpc) is 2.90. The zero-order valence-electron chi connectivity index (χ0n) is 22.6. The third-order valence-electron chi connectivity index (χ3n) is 7.54. The molecule has 12 heteroatoms. The first-order valence-electron chi connectivity index (χ1n) is 13.1. The van der Waals surface area contributed by atoms with Gasteiger partial charge in [0, 0.05) is 43.3 Å². The van der Waals surface area contributed by atoms with Crippen LogP contribution in [0, 0.1) is 0 Å². The Morgan fingerprint density at radius 2 is 1.98 bits per heavy atom. The summed E-state index contributed by atoms with van der Waals surface area (Å²) in [4.78, 5) is 28.2. The molecule has 3 N–H and O–H groups in total. The van der Waals surface area contributed by atoms with Crippen molar-refractivity contribution in [1.29, 1.82) is 0 Å². The minimum Gasteiger partial charge on any atom is -0.480 e. The maximum atomic E-state index is 13.7. The topological polar surface area (TPSA) is 107 Å². The lowest BCUT2D eigenvalue weighted by Gasteiger charge is -2.38. The summed E-state index contributed by atoms with van der Waals surface area (Å²) in [6.45, 7) is 5.65. The van der Waals surface area contributed by atoms with Gasteiger partial charge in [0.2, 0.25) is 0 Å². The van der Waals surface area contributed by atoms with E-state index in [1.807, 2.05) is 6.07 Å². The van der Waals surface area contributed by atoms with E-state index in [9.17, 15) is 18.0 Å². The van der Waals surface area contributed by atoms with Crippen LogP contribution in [0.15, 0.2) is 36.5 Å². The lowest BCUT2D eigenvalue weighted by molar-refractivity contribution is -0.137. The minimum atomic E-state index is -4.54. The highest BCUT2D eigenvalue weighted by atomic mass is 19.4. The number of alkyl halides is 3. The van der Waals surface area contributed by atoms with E-state index in [-0.39, 0.29) is 30.9 Å². The second-order valence-electron chi connectivity index (χ2n) is 10.9. The summed E-state index contributed by atoms with van der Waals surface area (Å²) in [5.74, 6) is -0.248. The smallest absolute Gasteiger partial charge is 0.419 e. The number of carboxylic acids is 1. The van der Waals surface area contributed by atoms with Crippen LogP contribution in [-0.2, 0) is 35.9 Å². The van der Waals surface area contributed by atoms with Crippen molar-refractivity contribution in [3.63, 3.8) is 0 Å². The second kappa shape index (κ2) is 10.6. The highest BCUT2D eigenvalue weighted by molar-refractivity contribution is 5.70. The second-order valence-corrected chi connectivity index (χ2v) is 10.9. The molecule has 9 nitrogen and oxygen atoms in total. The van der Waals surface area contributed by atoms with E-state index in [1.54, 1.807) is 4.90 Å². The Labute approximate surface area is 230 Å². The molecule has 5 rings (SSSR count). The number of benzene rings is 1. The van der Waals surface area contributed by atoms with E-state index in [0.29, 0.717) is 30.3 Å². The number of pyridine rings is 1. The van der Waals surface area contributed by atoms with Crippen LogP contribution >= 0.6 is 0 Å². The van der Waals surface area contributed by atoms with Crippen LogP contribution in [0.4, 0.5) is 36.2 Å². The number of nitrogens with one attached hydrogen (secondary N) is 2. The predicted molar refractivity (Wildman–Crippen MR) is 146 cm³/mol. The molecule has 0 saturated heterocycles. The molecular weight excluding hydrogens is 523 g/mol. The summed E-state index contributed by atoms with van der Waals surface area (Å²) < 4.78 is 41.1. The van der Waals surface area contributed by atoms with E-state index >= 15 is 0 Å². The molecule has 0 atom stereocenters. The van der Waals surface area contributed by atoms with Crippen LogP contribution in [0.25, 0.3) is 0 Å².